The topological polar surface area (TPSA) is 116 Å². The highest BCUT2D eigenvalue weighted by molar-refractivity contribution is 6.02. The Morgan fingerprint density at radius 3 is 2.57 bits per heavy atom. The van der Waals surface area contributed by atoms with Crippen LogP contribution in [0, 0.1) is 16.0 Å². The van der Waals surface area contributed by atoms with Crippen LogP contribution in [0.25, 0.3) is 0 Å². The van der Waals surface area contributed by atoms with Crippen LogP contribution in [0.4, 0.5) is 11.4 Å². The Kier molecular flexibility index (Phi) is 4.58. The van der Waals surface area contributed by atoms with Crippen molar-refractivity contribution in [3.8, 4) is 0 Å². The quantitative estimate of drug-likeness (QED) is 0.459. The molecule has 2 rings (SSSR count). The molecule has 0 radical (unpaired) electrons. The van der Waals surface area contributed by atoms with E-state index in [0.717, 1.165) is 18.1 Å². The Bertz CT molecular complexity index is 686. The molecule has 0 aromatic heterocycles. The fourth-order valence-electron chi connectivity index (χ4n) is 2.41. The summed E-state index contributed by atoms with van der Waals surface area (Å²) in [5, 5.41) is 11.2. The second kappa shape index (κ2) is 6.42. The predicted molar refractivity (Wildman–Crippen MR) is 76.9 cm³/mol. The molecule has 0 N–H and O–H groups in total. The molecule has 1 aromatic carbocycles. The molecule has 23 heavy (non-hydrogen) atoms. The highest BCUT2D eigenvalue weighted by Crippen LogP contribution is 2.34. The zero-order chi connectivity index (χ0) is 17.1. The summed E-state index contributed by atoms with van der Waals surface area (Å²) in [7, 11) is 2.37. The van der Waals surface area contributed by atoms with Gasteiger partial charge in [0.1, 0.15) is 5.69 Å². The van der Waals surface area contributed by atoms with E-state index in [2.05, 4.69) is 9.47 Å². The summed E-state index contributed by atoms with van der Waals surface area (Å²) < 4.78 is 9.11. The highest BCUT2D eigenvalue weighted by atomic mass is 16.6. The van der Waals surface area contributed by atoms with Crippen LogP contribution >= 0.6 is 0 Å². The van der Waals surface area contributed by atoms with E-state index in [1.165, 1.54) is 19.2 Å². The SMILES string of the molecule is COC(=O)c1ccc(N2CC(C(=O)OC)CC2=O)c([N+](=O)[O-])c1. The molecule has 1 aliphatic rings. The van der Waals surface area contributed by atoms with Crippen molar-refractivity contribution in [2.24, 2.45) is 5.92 Å². The third-order valence-electron chi connectivity index (χ3n) is 3.54. The Morgan fingerprint density at radius 2 is 2.00 bits per heavy atom. The van der Waals surface area contributed by atoms with Crippen molar-refractivity contribution in [3.63, 3.8) is 0 Å². The van der Waals surface area contributed by atoms with Gasteiger partial charge < -0.3 is 14.4 Å². The molecule has 0 saturated carbocycles. The smallest absolute Gasteiger partial charge is 0.338 e. The number of carbonyl (C=O) groups excluding carboxylic acids is 3. The first-order valence-electron chi connectivity index (χ1n) is 6.64. The minimum absolute atomic E-state index is 0.000821. The lowest BCUT2D eigenvalue weighted by molar-refractivity contribution is -0.384. The zero-order valence-corrected chi connectivity index (χ0v) is 12.5. The Balaban J connectivity index is 2.39. The normalized spacial score (nSPS) is 17.0. The average Bonchev–Trinajstić information content (AvgIpc) is 2.94. The van der Waals surface area contributed by atoms with Crippen LogP contribution in [0.5, 0.6) is 0 Å². The predicted octanol–water partition coefficient (Wildman–Crippen LogP) is 0.907. The van der Waals surface area contributed by atoms with Crippen molar-refractivity contribution in [2.75, 3.05) is 25.7 Å². The van der Waals surface area contributed by atoms with Crippen LogP contribution in [0.2, 0.25) is 0 Å². The molecule has 1 amide bonds. The molecule has 0 bridgehead atoms. The summed E-state index contributed by atoms with van der Waals surface area (Å²) in [5.41, 5.74) is -0.384. The zero-order valence-electron chi connectivity index (χ0n) is 12.5. The van der Waals surface area contributed by atoms with Gasteiger partial charge in [-0.25, -0.2) is 4.79 Å². The van der Waals surface area contributed by atoms with E-state index in [1.54, 1.807) is 0 Å². The fourth-order valence-corrected chi connectivity index (χ4v) is 2.41. The van der Waals surface area contributed by atoms with Crippen molar-refractivity contribution in [2.45, 2.75) is 6.42 Å². The van der Waals surface area contributed by atoms with Crippen LogP contribution in [0.1, 0.15) is 16.8 Å². The molecule has 1 atom stereocenters. The Morgan fingerprint density at radius 1 is 1.30 bits per heavy atom. The minimum atomic E-state index is -0.722. The maximum absolute atomic E-state index is 12.1. The number of benzene rings is 1. The molecule has 122 valence electrons. The molecule has 0 spiro atoms. The number of ether oxygens (including phenoxy) is 2. The van der Waals surface area contributed by atoms with Gasteiger partial charge in [-0.15, -0.1) is 0 Å². The third-order valence-corrected chi connectivity index (χ3v) is 3.54. The molecule has 1 saturated heterocycles. The average molecular weight is 322 g/mol. The summed E-state index contributed by atoms with van der Waals surface area (Å²) >= 11 is 0. The van der Waals surface area contributed by atoms with E-state index in [1.807, 2.05) is 0 Å². The molecule has 1 aliphatic heterocycles. The van der Waals surface area contributed by atoms with Crippen LogP contribution in [0.3, 0.4) is 0 Å². The number of esters is 2. The first-order chi connectivity index (χ1) is 10.9. The van der Waals surface area contributed by atoms with Gasteiger partial charge in [0.15, 0.2) is 0 Å². The summed E-state index contributed by atoms with van der Waals surface area (Å²) in [4.78, 5) is 46.8. The molecular weight excluding hydrogens is 308 g/mol. The van der Waals surface area contributed by atoms with E-state index >= 15 is 0 Å². The minimum Gasteiger partial charge on any atom is -0.469 e. The number of nitro groups is 1. The van der Waals surface area contributed by atoms with Crippen molar-refractivity contribution in [1.29, 1.82) is 0 Å². The lowest BCUT2D eigenvalue weighted by Crippen LogP contribution is -2.27. The molecule has 1 unspecified atom stereocenters. The summed E-state index contributed by atoms with van der Waals surface area (Å²) in [6.45, 7) is -0.0100. The molecular formula is C14H14N2O7. The number of anilines is 1. The van der Waals surface area contributed by atoms with E-state index < -0.39 is 34.4 Å². The second-order valence-corrected chi connectivity index (χ2v) is 4.88. The standard InChI is InChI=1S/C14H14N2O7/c1-22-13(18)8-3-4-10(11(5-8)16(20)21)15-7-9(6-12(15)17)14(19)23-2/h3-5,9H,6-7H2,1-2H3. The van der Waals surface area contributed by atoms with Crippen LogP contribution in [-0.2, 0) is 19.1 Å². The second-order valence-electron chi connectivity index (χ2n) is 4.88. The number of hydrogen-bond donors (Lipinski definition) is 0. The van der Waals surface area contributed by atoms with Crippen LogP contribution in [-0.4, -0.2) is 43.5 Å². The third kappa shape index (κ3) is 3.12. The molecule has 1 aromatic rings. The maximum atomic E-state index is 12.1. The molecule has 9 nitrogen and oxygen atoms in total. The first-order valence-corrected chi connectivity index (χ1v) is 6.64. The first kappa shape index (κ1) is 16.4. The van der Waals surface area contributed by atoms with Gasteiger partial charge in [-0.2, -0.15) is 0 Å². The molecule has 0 aliphatic carbocycles. The van der Waals surface area contributed by atoms with Gasteiger partial charge in [-0.1, -0.05) is 0 Å². The van der Waals surface area contributed by atoms with E-state index in [9.17, 15) is 24.5 Å². The van der Waals surface area contributed by atoms with Gasteiger partial charge in [-0.05, 0) is 12.1 Å². The van der Waals surface area contributed by atoms with Crippen LogP contribution < -0.4 is 4.90 Å². The number of carbonyl (C=O) groups is 3. The van der Waals surface area contributed by atoms with E-state index in [-0.39, 0.29) is 24.2 Å². The number of amides is 1. The van der Waals surface area contributed by atoms with Gasteiger partial charge in [0, 0.05) is 19.0 Å². The monoisotopic (exact) mass is 322 g/mol. The number of nitro benzene ring substituents is 1. The number of rotatable bonds is 4. The van der Waals surface area contributed by atoms with Crippen molar-refractivity contribution in [1.82, 2.24) is 0 Å². The van der Waals surface area contributed by atoms with Gasteiger partial charge in [-0.3, -0.25) is 19.7 Å². The van der Waals surface area contributed by atoms with Gasteiger partial charge in [0.05, 0.1) is 30.6 Å². The Hall–Kier alpha value is -2.97. The lowest BCUT2D eigenvalue weighted by Gasteiger charge is -2.16. The molecule has 1 heterocycles. The number of hydrogen-bond acceptors (Lipinski definition) is 7. The van der Waals surface area contributed by atoms with E-state index in [0.29, 0.717) is 0 Å². The van der Waals surface area contributed by atoms with Crippen molar-refractivity contribution in [3.05, 3.63) is 33.9 Å². The van der Waals surface area contributed by atoms with Gasteiger partial charge in [0.25, 0.3) is 5.69 Å². The fraction of sp³-hybridized carbons (Fsp3) is 0.357. The molecule has 1 fully saturated rings. The largest absolute Gasteiger partial charge is 0.469 e. The highest BCUT2D eigenvalue weighted by Gasteiger charge is 2.38. The lowest BCUT2D eigenvalue weighted by atomic mass is 10.1. The van der Waals surface area contributed by atoms with Crippen molar-refractivity contribution < 1.29 is 28.8 Å². The summed E-state index contributed by atoms with van der Waals surface area (Å²) in [5.74, 6) is -2.36. The van der Waals surface area contributed by atoms with Gasteiger partial charge >= 0.3 is 11.9 Å². The number of nitrogens with zero attached hydrogens (tertiary/aromatic N) is 2. The maximum Gasteiger partial charge on any atom is 0.338 e. The summed E-state index contributed by atoms with van der Waals surface area (Å²) in [6.07, 6.45) is -0.0808. The molecule has 9 heteroatoms. The Labute approximate surface area is 130 Å². The summed E-state index contributed by atoms with van der Waals surface area (Å²) in [6, 6.07) is 3.66. The van der Waals surface area contributed by atoms with Gasteiger partial charge in [0.2, 0.25) is 5.91 Å². The van der Waals surface area contributed by atoms with Crippen molar-refractivity contribution >= 4 is 29.2 Å². The number of methoxy groups -OCH3 is 2. The van der Waals surface area contributed by atoms with E-state index in [4.69, 9.17) is 0 Å². The van der Waals surface area contributed by atoms with Crippen LogP contribution in [0.15, 0.2) is 18.2 Å².